The van der Waals surface area contributed by atoms with Gasteiger partial charge in [-0.25, -0.2) is 13.1 Å². The summed E-state index contributed by atoms with van der Waals surface area (Å²) in [4.78, 5) is 24.2. The fourth-order valence-electron chi connectivity index (χ4n) is 2.65. The van der Waals surface area contributed by atoms with E-state index < -0.39 is 15.9 Å². The number of anilines is 3. The molecule has 10 heteroatoms. The SMILES string of the molecule is CC(=O)Nc1ccc(NS(C)(=O)=O)c(C(=O)Nc2cccc(-n3cccn3)c2)c1. The molecule has 0 spiro atoms. The van der Waals surface area contributed by atoms with Gasteiger partial charge in [0.15, 0.2) is 0 Å². The van der Waals surface area contributed by atoms with Gasteiger partial charge in [-0.1, -0.05) is 6.07 Å². The monoisotopic (exact) mass is 413 g/mol. The molecule has 3 rings (SSSR count). The van der Waals surface area contributed by atoms with E-state index in [1.807, 2.05) is 6.07 Å². The van der Waals surface area contributed by atoms with Crippen molar-refractivity contribution in [2.45, 2.75) is 6.92 Å². The Hall–Kier alpha value is -3.66. The van der Waals surface area contributed by atoms with Crippen LogP contribution in [0.3, 0.4) is 0 Å². The summed E-state index contributed by atoms with van der Waals surface area (Å²) in [7, 11) is -3.61. The largest absolute Gasteiger partial charge is 0.326 e. The predicted molar refractivity (Wildman–Crippen MR) is 111 cm³/mol. The third-order valence-electron chi connectivity index (χ3n) is 3.75. The highest BCUT2D eigenvalue weighted by Crippen LogP contribution is 2.24. The molecule has 1 aromatic heterocycles. The second-order valence-electron chi connectivity index (χ2n) is 6.27. The average Bonchev–Trinajstić information content (AvgIpc) is 3.16. The molecular weight excluding hydrogens is 394 g/mol. The normalized spacial score (nSPS) is 11.0. The Balaban J connectivity index is 1.92. The lowest BCUT2D eigenvalue weighted by Crippen LogP contribution is -2.18. The first kappa shape index (κ1) is 20.1. The second kappa shape index (κ2) is 8.15. The van der Waals surface area contributed by atoms with Crippen LogP contribution in [0.1, 0.15) is 17.3 Å². The molecule has 0 aliphatic heterocycles. The maximum atomic E-state index is 12.9. The van der Waals surface area contributed by atoms with Crippen molar-refractivity contribution in [1.29, 1.82) is 0 Å². The van der Waals surface area contributed by atoms with Crippen LogP contribution in [0.2, 0.25) is 0 Å². The fraction of sp³-hybridized carbons (Fsp3) is 0.105. The summed E-state index contributed by atoms with van der Waals surface area (Å²) in [5.41, 5.74) is 1.77. The number of carbonyl (C=O) groups excluding carboxylic acids is 2. The van der Waals surface area contributed by atoms with Crippen LogP contribution in [-0.4, -0.2) is 36.3 Å². The Kier molecular flexibility index (Phi) is 5.64. The van der Waals surface area contributed by atoms with Gasteiger partial charge in [0, 0.05) is 30.7 Å². The van der Waals surface area contributed by atoms with E-state index in [0.29, 0.717) is 11.4 Å². The standard InChI is InChI=1S/C19H19N5O4S/c1-13(25)21-15-7-8-18(23-29(2,27)28)17(12-15)19(26)22-14-5-3-6-16(11-14)24-10-4-9-20-24/h3-12,23H,1-2H3,(H,21,25)(H,22,26). The number of sulfonamides is 1. The summed E-state index contributed by atoms with van der Waals surface area (Å²) in [6.07, 6.45) is 4.40. The average molecular weight is 413 g/mol. The number of nitrogens with zero attached hydrogens (tertiary/aromatic N) is 2. The lowest BCUT2D eigenvalue weighted by atomic mass is 10.1. The lowest BCUT2D eigenvalue weighted by Gasteiger charge is -2.14. The quantitative estimate of drug-likeness (QED) is 0.573. The molecule has 0 bridgehead atoms. The molecule has 0 aliphatic rings. The Morgan fingerprint density at radius 1 is 1.00 bits per heavy atom. The predicted octanol–water partition coefficient (Wildman–Crippen LogP) is 2.45. The van der Waals surface area contributed by atoms with Gasteiger partial charge in [0.1, 0.15) is 0 Å². The molecule has 2 aromatic carbocycles. The van der Waals surface area contributed by atoms with Crippen molar-refractivity contribution in [3.05, 3.63) is 66.5 Å². The van der Waals surface area contributed by atoms with Gasteiger partial charge in [-0.05, 0) is 42.5 Å². The lowest BCUT2D eigenvalue weighted by molar-refractivity contribution is -0.114. The fourth-order valence-corrected chi connectivity index (χ4v) is 3.23. The minimum absolute atomic E-state index is 0.0613. The zero-order valence-corrected chi connectivity index (χ0v) is 16.5. The van der Waals surface area contributed by atoms with Crippen molar-refractivity contribution in [3.8, 4) is 5.69 Å². The number of carbonyl (C=O) groups is 2. The van der Waals surface area contributed by atoms with E-state index in [-0.39, 0.29) is 17.2 Å². The summed E-state index contributed by atoms with van der Waals surface area (Å²) >= 11 is 0. The van der Waals surface area contributed by atoms with Gasteiger partial charge in [-0.3, -0.25) is 14.3 Å². The minimum atomic E-state index is -3.61. The molecule has 29 heavy (non-hydrogen) atoms. The number of hydrogen-bond acceptors (Lipinski definition) is 5. The molecule has 0 radical (unpaired) electrons. The van der Waals surface area contributed by atoms with Crippen LogP contribution >= 0.6 is 0 Å². The number of amides is 2. The summed E-state index contributed by atoms with van der Waals surface area (Å²) in [5, 5.41) is 9.46. The summed E-state index contributed by atoms with van der Waals surface area (Å²) in [6.45, 7) is 1.34. The first-order valence-electron chi connectivity index (χ1n) is 8.52. The Labute approximate surface area is 167 Å². The van der Waals surface area contributed by atoms with Gasteiger partial charge in [0.2, 0.25) is 15.9 Å². The van der Waals surface area contributed by atoms with E-state index in [2.05, 4.69) is 20.5 Å². The maximum Gasteiger partial charge on any atom is 0.257 e. The molecule has 2 amide bonds. The van der Waals surface area contributed by atoms with Crippen molar-refractivity contribution in [2.75, 3.05) is 21.6 Å². The van der Waals surface area contributed by atoms with Crippen LogP contribution in [-0.2, 0) is 14.8 Å². The smallest absolute Gasteiger partial charge is 0.257 e. The Morgan fingerprint density at radius 3 is 2.41 bits per heavy atom. The number of rotatable bonds is 6. The summed E-state index contributed by atoms with van der Waals surface area (Å²) in [5.74, 6) is -0.854. The van der Waals surface area contributed by atoms with E-state index in [0.717, 1.165) is 11.9 Å². The molecule has 0 saturated carbocycles. The van der Waals surface area contributed by atoms with E-state index in [1.54, 1.807) is 41.3 Å². The Morgan fingerprint density at radius 2 is 1.76 bits per heavy atom. The molecule has 0 fully saturated rings. The van der Waals surface area contributed by atoms with Gasteiger partial charge in [0.25, 0.3) is 5.91 Å². The van der Waals surface area contributed by atoms with Gasteiger partial charge in [-0.15, -0.1) is 0 Å². The van der Waals surface area contributed by atoms with Crippen LogP contribution < -0.4 is 15.4 Å². The molecule has 0 aliphatic carbocycles. The topological polar surface area (TPSA) is 122 Å². The third kappa shape index (κ3) is 5.42. The third-order valence-corrected chi connectivity index (χ3v) is 4.34. The van der Waals surface area contributed by atoms with Gasteiger partial charge < -0.3 is 10.6 Å². The van der Waals surface area contributed by atoms with Crippen LogP contribution in [0.5, 0.6) is 0 Å². The van der Waals surface area contributed by atoms with Gasteiger partial charge >= 0.3 is 0 Å². The van der Waals surface area contributed by atoms with Crippen molar-refractivity contribution in [1.82, 2.24) is 9.78 Å². The molecule has 0 saturated heterocycles. The van der Waals surface area contributed by atoms with Crippen LogP contribution in [0.4, 0.5) is 17.1 Å². The molecule has 0 atom stereocenters. The highest BCUT2D eigenvalue weighted by molar-refractivity contribution is 7.92. The zero-order chi connectivity index (χ0) is 21.0. The van der Waals surface area contributed by atoms with Crippen molar-refractivity contribution < 1.29 is 18.0 Å². The van der Waals surface area contributed by atoms with Gasteiger partial charge in [0.05, 0.1) is 23.2 Å². The summed E-state index contributed by atoms with van der Waals surface area (Å²) in [6, 6.07) is 13.1. The molecule has 9 nitrogen and oxygen atoms in total. The molecule has 3 N–H and O–H groups in total. The second-order valence-corrected chi connectivity index (χ2v) is 8.02. The van der Waals surface area contributed by atoms with Crippen LogP contribution in [0.15, 0.2) is 60.9 Å². The molecule has 3 aromatic rings. The van der Waals surface area contributed by atoms with E-state index in [1.165, 1.54) is 25.1 Å². The van der Waals surface area contributed by atoms with Crippen molar-refractivity contribution >= 4 is 38.9 Å². The number of nitrogens with one attached hydrogen (secondary N) is 3. The molecule has 1 heterocycles. The zero-order valence-electron chi connectivity index (χ0n) is 15.7. The van der Waals surface area contributed by atoms with Crippen LogP contribution in [0, 0.1) is 0 Å². The van der Waals surface area contributed by atoms with Crippen LogP contribution in [0.25, 0.3) is 5.69 Å². The Bertz CT molecular complexity index is 1160. The molecule has 150 valence electrons. The first-order valence-corrected chi connectivity index (χ1v) is 10.4. The van der Waals surface area contributed by atoms with E-state index in [9.17, 15) is 18.0 Å². The number of aromatic nitrogens is 2. The van der Waals surface area contributed by atoms with E-state index in [4.69, 9.17) is 0 Å². The highest BCUT2D eigenvalue weighted by Gasteiger charge is 2.16. The number of benzene rings is 2. The molecule has 0 unspecified atom stereocenters. The molecular formula is C19H19N5O4S. The van der Waals surface area contributed by atoms with Crippen molar-refractivity contribution in [2.24, 2.45) is 0 Å². The first-order chi connectivity index (χ1) is 13.7. The minimum Gasteiger partial charge on any atom is -0.326 e. The summed E-state index contributed by atoms with van der Waals surface area (Å²) < 4.78 is 27.3. The maximum absolute atomic E-state index is 12.9. The highest BCUT2D eigenvalue weighted by atomic mass is 32.2. The number of hydrogen-bond donors (Lipinski definition) is 3. The van der Waals surface area contributed by atoms with Gasteiger partial charge in [-0.2, -0.15) is 5.10 Å². The van der Waals surface area contributed by atoms with E-state index >= 15 is 0 Å². The van der Waals surface area contributed by atoms with Crippen molar-refractivity contribution in [3.63, 3.8) is 0 Å².